The van der Waals surface area contributed by atoms with Gasteiger partial charge < -0.3 is 4.74 Å². The number of rotatable bonds is 5. The number of benzene rings is 1. The summed E-state index contributed by atoms with van der Waals surface area (Å²) in [6, 6.07) is 7.46. The van der Waals surface area contributed by atoms with E-state index in [4.69, 9.17) is 4.74 Å². The van der Waals surface area contributed by atoms with E-state index in [1.165, 1.54) is 31.9 Å². The number of aromatic nitrogens is 2. The molecule has 0 atom stereocenters. The minimum atomic E-state index is -0.349. The molecule has 0 saturated heterocycles. The summed E-state index contributed by atoms with van der Waals surface area (Å²) in [4.78, 5) is 20.8. The normalized spacial score (nSPS) is 15.6. The predicted molar refractivity (Wildman–Crippen MR) is 101 cm³/mol. The Kier molecular flexibility index (Phi) is 6.30. The van der Waals surface area contributed by atoms with Crippen molar-refractivity contribution in [2.45, 2.75) is 38.5 Å². The van der Waals surface area contributed by atoms with E-state index < -0.39 is 0 Å². The van der Waals surface area contributed by atoms with Gasteiger partial charge in [-0.25, -0.2) is 10.4 Å². The minimum Gasteiger partial charge on any atom is -0.497 e. The molecule has 1 amide bonds. The Bertz CT molecular complexity index is 751. The Morgan fingerprint density at radius 1 is 1.15 bits per heavy atom. The fraction of sp³-hybridized carbons (Fsp3) is 0.400. The molecule has 1 heterocycles. The van der Waals surface area contributed by atoms with Crippen molar-refractivity contribution in [2.75, 3.05) is 7.11 Å². The monoisotopic (exact) mass is 352 g/mol. The van der Waals surface area contributed by atoms with E-state index in [1.54, 1.807) is 13.3 Å². The van der Waals surface area contributed by atoms with Crippen LogP contribution in [0.25, 0.3) is 11.3 Å². The Morgan fingerprint density at radius 2 is 1.88 bits per heavy atom. The molecule has 1 saturated carbocycles. The van der Waals surface area contributed by atoms with E-state index in [0.717, 1.165) is 24.2 Å². The van der Waals surface area contributed by atoms with Gasteiger partial charge in [0.15, 0.2) is 0 Å². The highest BCUT2D eigenvalue weighted by molar-refractivity contribution is 5.92. The Balaban J connectivity index is 1.63. The molecule has 0 radical (unpaired) electrons. The summed E-state index contributed by atoms with van der Waals surface area (Å²) in [7, 11) is 1.62. The summed E-state index contributed by atoms with van der Waals surface area (Å²) in [5, 5.41) is 4.13. The van der Waals surface area contributed by atoms with Gasteiger partial charge in [0.25, 0.3) is 5.91 Å². The summed E-state index contributed by atoms with van der Waals surface area (Å²) in [5.74, 6) is 0.871. The molecular formula is C20H24N4O2. The highest BCUT2D eigenvalue weighted by Gasteiger charge is 2.11. The lowest BCUT2D eigenvalue weighted by atomic mass is 10.0. The largest absolute Gasteiger partial charge is 0.497 e. The van der Waals surface area contributed by atoms with Crippen molar-refractivity contribution in [3.63, 3.8) is 0 Å². The third kappa shape index (κ3) is 4.88. The zero-order chi connectivity index (χ0) is 18.2. The molecule has 1 aromatic carbocycles. The number of methoxy groups -OCH3 is 1. The average molecular weight is 352 g/mol. The lowest BCUT2D eigenvalue weighted by Gasteiger charge is -2.07. The molecule has 136 valence electrons. The SMILES string of the molecule is COc1ccc(-c2cncc(C(=O)NN=CC3CCCCCC3)n2)cc1. The van der Waals surface area contributed by atoms with Gasteiger partial charge in [-0.2, -0.15) is 5.10 Å². The van der Waals surface area contributed by atoms with Crippen LogP contribution in [0.1, 0.15) is 49.0 Å². The fourth-order valence-corrected chi connectivity index (χ4v) is 3.09. The number of nitrogens with one attached hydrogen (secondary N) is 1. The maximum Gasteiger partial charge on any atom is 0.291 e. The first-order chi connectivity index (χ1) is 12.8. The van der Waals surface area contributed by atoms with Crippen LogP contribution in [0, 0.1) is 5.92 Å². The number of hydrazone groups is 1. The van der Waals surface area contributed by atoms with Gasteiger partial charge in [-0.3, -0.25) is 9.78 Å². The molecule has 0 aliphatic heterocycles. The molecule has 0 spiro atoms. The maximum absolute atomic E-state index is 12.3. The summed E-state index contributed by atoms with van der Waals surface area (Å²) in [6.45, 7) is 0. The van der Waals surface area contributed by atoms with E-state index in [0.29, 0.717) is 11.6 Å². The van der Waals surface area contributed by atoms with Crippen molar-refractivity contribution < 1.29 is 9.53 Å². The van der Waals surface area contributed by atoms with Crippen LogP contribution in [0.5, 0.6) is 5.75 Å². The van der Waals surface area contributed by atoms with Gasteiger partial charge in [0.05, 0.1) is 25.2 Å². The van der Waals surface area contributed by atoms with Crippen molar-refractivity contribution >= 4 is 12.1 Å². The van der Waals surface area contributed by atoms with Gasteiger partial charge >= 0.3 is 0 Å². The summed E-state index contributed by atoms with van der Waals surface area (Å²) < 4.78 is 5.15. The first-order valence-electron chi connectivity index (χ1n) is 9.06. The second-order valence-electron chi connectivity index (χ2n) is 6.49. The van der Waals surface area contributed by atoms with Gasteiger partial charge in [0.1, 0.15) is 11.4 Å². The lowest BCUT2D eigenvalue weighted by molar-refractivity contribution is 0.0949. The molecule has 6 nitrogen and oxygen atoms in total. The molecule has 3 rings (SSSR count). The number of carbonyl (C=O) groups is 1. The van der Waals surface area contributed by atoms with E-state index in [1.807, 2.05) is 30.5 Å². The smallest absolute Gasteiger partial charge is 0.291 e. The predicted octanol–water partition coefficient (Wildman–Crippen LogP) is 3.84. The Morgan fingerprint density at radius 3 is 2.58 bits per heavy atom. The molecular weight excluding hydrogens is 328 g/mol. The molecule has 1 aliphatic carbocycles. The van der Waals surface area contributed by atoms with Crippen LogP contribution in [0.3, 0.4) is 0 Å². The van der Waals surface area contributed by atoms with Crippen LogP contribution < -0.4 is 10.2 Å². The van der Waals surface area contributed by atoms with Gasteiger partial charge in [-0.1, -0.05) is 25.7 Å². The average Bonchev–Trinajstić information content (AvgIpc) is 2.97. The quantitative estimate of drug-likeness (QED) is 0.504. The molecule has 26 heavy (non-hydrogen) atoms. The zero-order valence-electron chi connectivity index (χ0n) is 15.0. The summed E-state index contributed by atoms with van der Waals surface area (Å²) >= 11 is 0. The first kappa shape index (κ1) is 18.0. The molecule has 6 heteroatoms. The highest BCUT2D eigenvalue weighted by atomic mass is 16.5. The van der Waals surface area contributed by atoms with Crippen LogP contribution in [0.2, 0.25) is 0 Å². The van der Waals surface area contributed by atoms with Crippen molar-refractivity contribution in [3.05, 3.63) is 42.4 Å². The van der Waals surface area contributed by atoms with E-state index in [9.17, 15) is 4.79 Å². The Labute approximate surface area is 153 Å². The van der Waals surface area contributed by atoms with Crippen LogP contribution in [-0.4, -0.2) is 29.2 Å². The third-order valence-electron chi connectivity index (χ3n) is 4.60. The van der Waals surface area contributed by atoms with Gasteiger partial charge in [0, 0.05) is 11.8 Å². The van der Waals surface area contributed by atoms with Gasteiger partial charge in [-0.05, 0) is 43.0 Å². The van der Waals surface area contributed by atoms with E-state index >= 15 is 0 Å². The van der Waals surface area contributed by atoms with Gasteiger partial charge in [-0.15, -0.1) is 0 Å². The second-order valence-corrected chi connectivity index (χ2v) is 6.49. The van der Waals surface area contributed by atoms with E-state index in [2.05, 4.69) is 20.5 Å². The topological polar surface area (TPSA) is 76.5 Å². The molecule has 1 fully saturated rings. The zero-order valence-corrected chi connectivity index (χ0v) is 15.0. The molecule has 1 aromatic heterocycles. The van der Waals surface area contributed by atoms with Crippen LogP contribution in [0.4, 0.5) is 0 Å². The van der Waals surface area contributed by atoms with Crippen molar-refractivity contribution in [3.8, 4) is 17.0 Å². The number of hydrogen-bond acceptors (Lipinski definition) is 5. The molecule has 0 unspecified atom stereocenters. The fourth-order valence-electron chi connectivity index (χ4n) is 3.09. The number of hydrogen-bond donors (Lipinski definition) is 1. The van der Waals surface area contributed by atoms with E-state index in [-0.39, 0.29) is 11.6 Å². The van der Waals surface area contributed by atoms with Crippen molar-refractivity contribution in [1.82, 2.24) is 15.4 Å². The van der Waals surface area contributed by atoms with Crippen LogP contribution in [0.15, 0.2) is 41.8 Å². The number of ether oxygens (including phenoxy) is 1. The summed E-state index contributed by atoms with van der Waals surface area (Å²) in [5.41, 5.74) is 4.32. The van der Waals surface area contributed by atoms with Crippen molar-refractivity contribution in [1.29, 1.82) is 0 Å². The van der Waals surface area contributed by atoms with Crippen LogP contribution >= 0.6 is 0 Å². The number of amides is 1. The molecule has 2 aromatic rings. The summed E-state index contributed by atoms with van der Waals surface area (Å²) in [6.07, 6.45) is 12.3. The molecule has 0 bridgehead atoms. The second kappa shape index (κ2) is 9.08. The standard InChI is InChI=1S/C20H24N4O2/c1-26-17-10-8-16(9-11-17)18-13-21-14-19(23-18)20(25)24-22-12-15-6-4-2-3-5-7-15/h8-15H,2-7H2,1H3,(H,24,25). The number of carbonyl (C=O) groups excluding carboxylic acids is 1. The maximum atomic E-state index is 12.3. The Hall–Kier alpha value is -2.76. The molecule has 1 N–H and O–H groups in total. The third-order valence-corrected chi connectivity index (χ3v) is 4.60. The molecule has 1 aliphatic rings. The minimum absolute atomic E-state index is 0.247. The first-order valence-corrected chi connectivity index (χ1v) is 9.06. The number of nitrogens with zero attached hydrogens (tertiary/aromatic N) is 3. The lowest BCUT2D eigenvalue weighted by Crippen LogP contribution is -2.20. The highest BCUT2D eigenvalue weighted by Crippen LogP contribution is 2.21. The van der Waals surface area contributed by atoms with Crippen molar-refractivity contribution in [2.24, 2.45) is 11.0 Å². The van der Waals surface area contributed by atoms with Crippen LogP contribution in [-0.2, 0) is 0 Å². The van der Waals surface area contributed by atoms with Gasteiger partial charge in [0.2, 0.25) is 0 Å².